The van der Waals surface area contributed by atoms with Gasteiger partial charge in [-0.1, -0.05) is 42.0 Å². The Bertz CT molecular complexity index is 1560. The van der Waals surface area contributed by atoms with Crippen molar-refractivity contribution < 1.29 is 23.5 Å². The highest BCUT2D eigenvalue weighted by atomic mass is 32.1. The Balaban J connectivity index is 1.50. The van der Waals surface area contributed by atoms with E-state index in [1.54, 1.807) is 26.4 Å². The van der Waals surface area contributed by atoms with Crippen LogP contribution in [0.3, 0.4) is 0 Å². The third-order valence-electron chi connectivity index (χ3n) is 6.12. The zero-order chi connectivity index (χ0) is 25.9. The first-order chi connectivity index (χ1) is 18.0. The molecule has 1 amide bonds. The number of thiophene rings is 1. The Hall–Kier alpha value is -4.30. The van der Waals surface area contributed by atoms with Crippen LogP contribution in [0, 0.1) is 6.92 Å². The van der Waals surface area contributed by atoms with E-state index in [1.807, 2.05) is 71.5 Å². The molecule has 0 radical (unpaired) electrons. The number of rotatable bonds is 8. The molecule has 2 aromatic carbocycles. The van der Waals surface area contributed by atoms with Crippen molar-refractivity contribution in [1.29, 1.82) is 0 Å². The number of nitrogens with one attached hydrogen (secondary N) is 1. The minimum Gasteiger partial charge on any atom is -0.497 e. The van der Waals surface area contributed by atoms with Crippen molar-refractivity contribution in [3.63, 3.8) is 0 Å². The van der Waals surface area contributed by atoms with Gasteiger partial charge in [0.15, 0.2) is 5.58 Å². The molecule has 0 saturated heterocycles. The summed E-state index contributed by atoms with van der Waals surface area (Å²) >= 11 is 1.28. The summed E-state index contributed by atoms with van der Waals surface area (Å²) in [6.07, 6.45) is 1.61. The van der Waals surface area contributed by atoms with Gasteiger partial charge in [0, 0.05) is 29.6 Å². The lowest BCUT2D eigenvalue weighted by atomic mass is 10.0. The highest BCUT2D eigenvalue weighted by molar-refractivity contribution is 7.15. The first-order valence-corrected chi connectivity index (χ1v) is 12.7. The fraction of sp³-hybridized carbons (Fsp3) is 0.172. The van der Waals surface area contributed by atoms with Gasteiger partial charge >= 0.3 is 5.97 Å². The molecule has 5 rings (SSSR count). The first-order valence-electron chi connectivity index (χ1n) is 11.8. The summed E-state index contributed by atoms with van der Waals surface area (Å²) in [5.41, 5.74) is 5.93. The minimum atomic E-state index is -0.492. The van der Waals surface area contributed by atoms with E-state index >= 15 is 0 Å². The predicted molar refractivity (Wildman–Crippen MR) is 145 cm³/mol. The molecular weight excluding hydrogens is 488 g/mol. The highest BCUT2D eigenvalue weighted by Crippen LogP contribution is 2.37. The fourth-order valence-electron chi connectivity index (χ4n) is 4.22. The van der Waals surface area contributed by atoms with Crippen molar-refractivity contribution in [3.05, 3.63) is 94.7 Å². The van der Waals surface area contributed by atoms with Crippen LogP contribution in [0.15, 0.2) is 76.7 Å². The monoisotopic (exact) mass is 514 g/mol. The number of furan rings is 1. The van der Waals surface area contributed by atoms with Crippen LogP contribution in [0.4, 0.5) is 5.00 Å². The number of hydrogen-bond donors (Lipinski definition) is 1. The lowest BCUT2D eigenvalue weighted by Crippen LogP contribution is -2.19. The third-order valence-corrected chi connectivity index (χ3v) is 7.01. The van der Waals surface area contributed by atoms with Gasteiger partial charge in [0.2, 0.25) is 0 Å². The van der Waals surface area contributed by atoms with Crippen molar-refractivity contribution in [2.75, 3.05) is 19.0 Å². The second-order valence-electron chi connectivity index (χ2n) is 8.53. The van der Waals surface area contributed by atoms with E-state index in [9.17, 15) is 9.59 Å². The number of carbonyl (C=O) groups is 2. The Kier molecular flexibility index (Phi) is 6.83. The Morgan fingerprint density at radius 2 is 1.81 bits per heavy atom. The number of fused-ring (bicyclic) bond motifs is 1. The number of aryl methyl sites for hydroxylation is 1. The molecule has 3 aromatic heterocycles. The molecule has 0 unspecified atom stereocenters. The highest BCUT2D eigenvalue weighted by Gasteiger charge is 2.25. The van der Waals surface area contributed by atoms with Crippen LogP contribution in [0.25, 0.3) is 22.2 Å². The largest absolute Gasteiger partial charge is 0.497 e. The van der Waals surface area contributed by atoms with Crippen LogP contribution in [-0.4, -0.2) is 30.2 Å². The summed E-state index contributed by atoms with van der Waals surface area (Å²) in [7, 11) is 1.60. The zero-order valence-corrected chi connectivity index (χ0v) is 21.6. The van der Waals surface area contributed by atoms with Crippen molar-refractivity contribution >= 4 is 39.3 Å². The molecule has 0 bridgehead atoms. The van der Waals surface area contributed by atoms with Gasteiger partial charge in [0.05, 0.1) is 25.5 Å². The van der Waals surface area contributed by atoms with Gasteiger partial charge in [-0.25, -0.2) is 4.79 Å². The summed E-state index contributed by atoms with van der Waals surface area (Å²) in [4.78, 5) is 26.6. The first kappa shape index (κ1) is 24.4. The second kappa shape index (κ2) is 10.4. The van der Waals surface area contributed by atoms with Crippen molar-refractivity contribution in [1.82, 2.24) is 4.57 Å². The van der Waals surface area contributed by atoms with Gasteiger partial charge in [-0.3, -0.25) is 4.79 Å². The lowest BCUT2D eigenvalue weighted by Gasteiger charge is -2.12. The molecule has 0 atom stereocenters. The summed E-state index contributed by atoms with van der Waals surface area (Å²) in [6.45, 7) is 4.51. The van der Waals surface area contributed by atoms with E-state index in [1.165, 1.54) is 16.9 Å². The molecule has 5 aromatic rings. The SMILES string of the molecule is CCOC(=O)c1c(-c2ccc(OC)cc2)csc1NC(=O)c1cc2occc2n1Cc1ccc(C)cc1. The second-order valence-corrected chi connectivity index (χ2v) is 9.41. The lowest BCUT2D eigenvalue weighted by molar-refractivity contribution is 0.0529. The number of anilines is 1. The molecule has 1 N–H and O–H groups in total. The number of methoxy groups -OCH3 is 1. The number of ether oxygens (including phenoxy) is 2. The molecule has 3 heterocycles. The van der Waals surface area contributed by atoms with Crippen molar-refractivity contribution in [2.45, 2.75) is 20.4 Å². The van der Waals surface area contributed by atoms with Crippen LogP contribution >= 0.6 is 11.3 Å². The number of nitrogens with zero attached hydrogens (tertiary/aromatic N) is 1. The number of hydrogen-bond acceptors (Lipinski definition) is 6. The maximum absolute atomic E-state index is 13.6. The van der Waals surface area contributed by atoms with E-state index in [2.05, 4.69) is 5.32 Å². The average molecular weight is 515 g/mol. The number of amides is 1. The molecule has 0 aliphatic heterocycles. The minimum absolute atomic E-state index is 0.222. The molecule has 0 aliphatic carbocycles. The number of esters is 1. The van der Waals surface area contributed by atoms with Gasteiger partial charge in [-0.2, -0.15) is 0 Å². The van der Waals surface area contributed by atoms with E-state index in [0.29, 0.717) is 39.7 Å². The van der Waals surface area contributed by atoms with Crippen LogP contribution < -0.4 is 10.1 Å². The molecule has 0 saturated carbocycles. The Morgan fingerprint density at radius 3 is 2.51 bits per heavy atom. The molecule has 7 nitrogen and oxygen atoms in total. The molecule has 0 fully saturated rings. The van der Waals surface area contributed by atoms with Gasteiger partial charge in [0.1, 0.15) is 22.0 Å². The molecule has 188 valence electrons. The van der Waals surface area contributed by atoms with Gasteiger partial charge < -0.3 is 23.8 Å². The van der Waals surface area contributed by atoms with Gasteiger partial charge in [-0.15, -0.1) is 11.3 Å². The maximum atomic E-state index is 13.6. The molecule has 8 heteroatoms. The molecule has 37 heavy (non-hydrogen) atoms. The van der Waals surface area contributed by atoms with Gasteiger partial charge in [0.25, 0.3) is 5.91 Å². The summed E-state index contributed by atoms with van der Waals surface area (Å²) < 4.78 is 18.1. The van der Waals surface area contributed by atoms with E-state index < -0.39 is 5.97 Å². The summed E-state index contributed by atoms with van der Waals surface area (Å²) in [6, 6.07) is 19.1. The summed E-state index contributed by atoms with van der Waals surface area (Å²) in [5, 5.41) is 5.23. The maximum Gasteiger partial charge on any atom is 0.341 e. The standard InChI is InChI=1S/C29H26N2O5S/c1-4-35-29(33)26-22(20-9-11-21(34-3)12-10-20)17-37-28(26)30-27(32)24-15-25-23(13-14-36-25)31(24)16-19-7-5-18(2)6-8-19/h5-15,17H,4,16H2,1-3H3,(H,30,32). The summed E-state index contributed by atoms with van der Waals surface area (Å²) in [5.74, 6) is -0.121. The predicted octanol–water partition coefficient (Wildman–Crippen LogP) is 6.76. The molecule has 0 spiro atoms. The Morgan fingerprint density at radius 1 is 1.05 bits per heavy atom. The van der Waals surface area contributed by atoms with Crippen LogP contribution in [0.2, 0.25) is 0 Å². The normalized spacial score (nSPS) is 11.0. The van der Waals surface area contributed by atoms with E-state index in [-0.39, 0.29) is 12.5 Å². The smallest absolute Gasteiger partial charge is 0.341 e. The van der Waals surface area contributed by atoms with Crippen molar-refractivity contribution in [3.8, 4) is 16.9 Å². The number of carbonyl (C=O) groups excluding carboxylic acids is 2. The fourth-order valence-corrected chi connectivity index (χ4v) is 5.17. The quantitative estimate of drug-likeness (QED) is 0.231. The van der Waals surface area contributed by atoms with Crippen LogP contribution in [-0.2, 0) is 11.3 Å². The van der Waals surface area contributed by atoms with Crippen LogP contribution in [0.5, 0.6) is 5.75 Å². The van der Waals surface area contributed by atoms with Gasteiger partial charge in [-0.05, 0) is 37.1 Å². The van der Waals surface area contributed by atoms with E-state index in [0.717, 1.165) is 16.6 Å². The van der Waals surface area contributed by atoms with E-state index in [4.69, 9.17) is 13.9 Å². The number of aromatic nitrogens is 1. The third kappa shape index (κ3) is 4.88. The molecule has 0 aliphatic rings. The molecular formula is C29H26N2O5S. The average Bonchev–Trinajstić information content (AvgIpc) is 3.61. The van der Waals surface area contributed by atoms with Crippen LogP contribution in [0.1, 0.15) is 38.9 Å². The van der Waals surface area contributed by atoms with Crippen molar-refractivity contribution in [2.24, 2.45) is 0 Å². The Labute approximate surface area is 218 Å². The number of benzene rings is 2. The topological polar surface area (TPSA) is 82.7 Å². The zero-order valence-electron chi connectivity index (χ0n) is 20.7.